The maximum atomic E-state index is 15.0. The number of rotatable bonds is 16. The van der Waals surface area contributed by atoms with Gasteiger partial charge in [0.05, 0.1) is 73.5 Å². The van der Waals surface area contributed by atoms with Crippen LogP contribution >= 0.6 is 0 Å². The molecule has 0 unspecified atom stereocenters. The number of hydrogen-bond donors (Lipinski definition) is 4. The first-order valence-corrected chi connectivity index (χ1v) is 34.4. The number of nitrogens with zero attached hydrogens (tertiary/aromatic N) is 8. The van der Waals surface area contributed by atoms with Crippen LogP contribution in [0.2, 0.25) is 0 Å². The van der Waals surface area contributed by atoms with Crippen LogP contribution in [0.5, 0.6) is 23.0 Å². The number of pyridine rings is 4. The number of methoxy groups -OCH3 is 4. The molecule has 0 saturated carbocycles. The van der Waals surface area contributed by atoms with Crippen molar-refractivity contribution in [2.24, 2.45) is 0 Å². The maximum absolute atomic E-state index is 15.0. The Morgan fingerprint density at radius 3 is 0.743 bits per heavy atom. The van der Waals surface area contributed by atoms with Crippen LogP contribution in [0.4, 0.5) is 22.7 Å². The van der Waals surface area contributed by atoms with Crippen LogP contribution in [0.3, 0.4) is 0 Å². The van der Waals surface area contributed by atoms with Crippen molar-refractivity contribution in [2.45, 2.75) is 0 Å². The first-order chi connectivity index (χ1) is 53.0. The molecule has 8 bridgehead atoms. The summed E-state index contributed by atoms with van der Waals surface area (Å²) in [7, 11) is 6.04. The average molecular weight is 1480 g/mol. The number of ether oxygens (including phenoxy) is 4. The Bertz CT molecular complexity index is 5760. The fourth-order valence-corrected chi connectivity index (χ4v) is 14.2. The molecule has 0 aliphatic carbocycles. The number of hydrogen-bond acceptors (Lipinski definition) is 14. The Kier molecular flexibility index (Phi) is 18.5. The number of amides is 4. The fourth-order valence-electron chi connectivity index (χ4n) is 14.2. The Balaban J connectivity index is 0.00000904. The van der Waals surface area contributed by atoms with Crippen molar-refractivity contribution in [3.8, 4) is 67.5 Å². The summed E-state index contributed by atoms with van der Waals surface area (Å²) in [5.41, 5.74) is 12.5. The zero-order valence-electron chi connectivity index (χ0n) is 58.5. The summed E-state index contributed by atoms with van der Waals surface area (Å²) in [5.74, 6) is -0.656. The molecule has 2 aliphatic rings. The van der Waals surface area contributed by atoms with Crippen molar-refractivity contribution in [3.63, 3.8) is 0 Å². The largest absolute Gasteiger partial charge is 2.00 e. The molecule has 9 heterocycles. The van der Waals surface area contributed by atoms with Gasteiger partial charge in [0, 0.05) is 91.3 Å². The van der Waals surface area contributed by atoms with Gasteiger partial charge in [-0.15, -0.1) is 22.1 Å². The van der Waals surface area contributed by atoms with Gasteiger partial charge in [-0.25, -0.2) is 9.97 Å². The number of nitrogens with one attached hydrogen (secondary N) is 4. The molecule has 8 aromatic carbocycles. The summed E-state index contributed by atoms with van der Waals surface area (Å²) in [5, 5.41) is 16.1. The van der Waals surface area contributed by atoms with E-state index < -0.39 is 23.6 Å². The van der Waals surface area contributed by atoms with Gasteiger partial charge in [0.15, 0.2) is 23.0 Å². The van der Waals surface area contributed by atoms with Crippen LogP contribution in [-0.4, -0.2) is 82.0 Å². The van der Waals surface area contributed by atoms with E-state index in [9.17, 15) is 19.2 Å². The minimum absolute atomic E-state index is 0. The SMILES string of the molecule is COc1c(C(=O)Nc2ccccc2-c2c3nc(c(-c4ccccc4NC(=O)c4ccc5cccnc5c4OC)c4ccc([n-]4)c(-c4ccccc4NC(=O)c4ccc5cccnc5c4OC)c4nc(c(-c5ccccc5NC(=O)c5ccc6cccnc6c5OC)c5ccc2[n-]5)C=C4)C=C3)ccc2cccnc12.[Cu+2]. The van der Waals surface area contributed by atoms with E-state index in [0.29, 0.717) is 157 Å². The Hall–Kier alpha value is -14.4. The van der Waals surface area contributed by atoms with Crippen LogP contribution < -0.4 is 50.2 Å². The Morgan fingerprint density at radius 2 is 0.514 bits per heavy atom. The van der Waals surface area contributed by atoms with E-state index in [4.69, 9.17) is 38.9 Å². The zero-order valence-corrected chi connectivity index (χ0v) is 59.5. The minimum Gasteiger partial charge on any atom is -0.657 e. The number of benzene rings is 8. The summed E-state index contributed by atoms with van der Waals surface area (Å²) in [6.45, 7) is 0. The molecule has 15 aromatic rings. The summed E-state index contributed by atoms with van der Waals surface area (Å²) in [6.07, 6.45) is 14.2. The van der Waals surface area contributed by atoms with E-state index in [0.717, 1.165) is 21.5 Å². The molecular weight excluding hydrogens is 1420 g/mol. The van der Waals surface area contributed by atoms with E-state index >= 15 is 0 Å². The van der Waals surface area contributed by atoms with Gasteiger partial charge in [0.1, 0.15) is 22.1 Å². The van der Waals surface area contributed by atoms with Gasteiger partial charge >= 0.3 is 17.1 Å². The van der Waals surface area contributed by atoms with Gasteiger partial charge in [-0.2, -0.15) is 0 Å². The molecule has 17 rings (SSSR count). The van der Waals surface area contributed by atoms with Gasteiger partial charge in [-0.3, -0.25) is 39.1 Å². The molecule has 4 amide bonds. The monoisotopic (exact) mass is 1480 g/mol. The molecule has 0 atom stereocenters. The fraction of sp³-hybridized carbons (Fsp3) is 0.0455. The van der Waals surface area contributed by atoms with Crippen LogP contribution in [0.1, 0.15) is 64.2 Å². The predicted molar refractivity (Wildman–Crippen MR) is 424 cm³/mol. The normalized spacial score (nSPS) is 11.5. The smallest absolute Gasteiger partial charge is 0.657 e. The number of carbonyl (C=O) groups is 4. The van der Waals surface area contributed by atoms with Crippen molar-refractivity contribution < 1.29 is 55.2 Å². The number of aromatic nitrogens is 8. The van der Waals surface area contributed by atoms with Crippen molar-refractivity contribution >= 4 is 136 Å². The second kappa shape index (κ2) is 29.3. The van der Waals surface area contributed by atoms with Crippen molar-refractivity contribution in [1.29, 1.82) is 0 Å². The van der Waals surface area contributed by atoms with Crippen molar-refractivity contribution in [3.05, 3.63) is 288 Å². The molecule has 2 aliphatic heterocycles. The third kappa shape index (κ3) is 12.6. The van der Waals surface area contributed by atoms with Crippen LogP contribution in [0, 0.1) is 0 Å². The van der Waals surface area contributed by atoms with Gasteiger partial charge < -0.3 is 50.2 Å². The maximum Gasteiger partial charge on any atom is 2.00 e. The molecule has 7 aromatic heterocycles. The van der Waals surface area contributed by atoms with E-state index in [2.05, 4.69) is 41.2 Å². The third-order valence-corrected chi connectivity index (χ3v) is 19.1. The first-order valence-electron chi connectivity index (χ1n) is 34.4. The molecule has 0 fully saturated rings. The van der Waals surface area contributed by atoms with Gasteiger partial charge in [-0.05, 0) is 119 Å². The number of para-hydroxylation sites is 4. The summed E-state index contributed by atoms with van der Waals surface area (Å²) < 4.78 is 23.7. The van der Waals surface area contributed by atoms with E-state index in [1.165, 1.54) is 28.4 Å². The van der Waals surface area contributed by atoms with Gasteiger partial charge in [0.2, 0.25) is 0 Å². The number of fused-ring (bicyclic) bond motifs is 12. The minimum atomic E-state index is -0.466. The molecule has 4 N–H and O–H groups in total. The second-order valence-corrected chi connectivity index (χ2v) is 25.2. The number of anilines is 4. The molecule has 0 spiro atoms. The Labute approximate surface area is 633 Å². The van der Waals surface area contributed by atoms with Crippen molar-refractivity contribution in [1.82, 2.24) is 39.9 Å². The van der Waals surface area contributed by atoms with Crippen LogP contribution in [0.25, 0.3) is 134 Å². The van der Waals surface area contributed by atoms with Crippen LogP contribution in [-0.2, 0) is 17.1 Å². The van der Waals surface area contributed by atoms with Crippen molar-refractivity contribution in [2.75, 3.05) is 49.7 Å². The molecule has 531 valence electrons. The summed E-state index contributed by atoms with van der Waals surface area (Å²) in [4.78, 5) is 101. The molecule has 0 saturated heterocycles. The van der Waals surface area contributed by atoms with E-state index in [-0.39, 0.29) is 39.3 Å². The zero-order chi connectivity index (χ0) is 73.5. The average Bonchev–Trinajstić information content (AvgIpc) is 1.63. The van der Waals surface area contributed by atoms with E-state index in [1.807, 2.05) is 218 Å². The van der Waals surface area contributed by atoms with E-state index in [1.54, 1.807) is 49.1 Å². The molecular formula is C88H60CuN12O8. The molecule has 1 radical (unpaired) electrons. The standard InChI is InChI=1S/C88H62N12O8.Cu/c1-105-81-57(33-29-49-17-13-45-89-77(49)81)85(101)97-61-25-9-5-21-53(61)73-65-37-39-67(93-65)74(54-22-6-10-26-62(54)98-86(102)58-34-30-50-18-14-46-90-78(50)82(58)106-2)69-41-43-71(95-69)76(56-24-8-12-28-64(56)100-88(104)60-36-32-52-20-16-48-92-80(52)84(60)108-4)72-44-42-70(96-72)75(68-40-38-66(73)94-68)55-23-7-11-27-63(55)99-87(103)59-35-31-51-19-15-47-91-79(51)83(59)107-3;/h5-48H,1-4H3,(H6,89,90,91,92,93,94,95,96,97,98,99,100,101,102,103,104);/q;+2/p-2. The molecule has 109 heavy (non-hydrogen) atoms. The summed E-state index contributed by atoms with van der Waals surface area (Å²) in [6, 6.07) is 66.3. The Morgan fingerprint density at radius 1 is 0.284 bits per heavy atom. The molecule has 21 heteroatoms. The topological polar surface area (TPSA) is 259 Å². The quantitative estimate of drug-likeness (QED) is 0.0656. The molecule has 20 nitrogen and oxygen atoms in total. The van der Waals surface area contributed by atoms with Gasteiger partial charge in [-0.1, -0.05) is 146 Å². The second-order valence-electron chi connectivity index (χ2n) is 25.2. The number of carbonyl (C=O) groups excluding carboxylic acids is 4. The predicted octanol–water partition coefficient (Wildman–Crippen LogP) is 17.8. The van der Waals surface area contributed by atoms with Crippen LogP contribution in [0.15, 0.2) is 243 Å². The van der Waals surface area contributed by atoms with Gasteiger partial charge in [0.25, 0.3) is 23.6 Å². The summed E-state index contributed by atoms with van der Waals surface area (Å²) >= 11 is 0. The third-order valence-electron chi connectivity index (χ3n) is 19.1. The first kappa shape index (κ1) is 69.0.